The summed E-state index contributed by atoms with van der Waals surface area (Å²) >= 11 is 0. The monoisotopic (exact) mass is 293 g/mol. The predicted octanol–water partition coefficient (Wildman–Crippen LogP) is 2.55. The van der Waals surface area contributed by atoms with E-state index in [0.29, 0.717) is 12.0 Å². The summed E-state index contributed by atoms with van der Waals surface area (Å²) in [6.45, 7) is 13.2. The van der Waals surface area contributed by atoms with Crippen LogP contribution in [0, 0.1) is 5.92 Å². The molecule has 120 valence electrons. The van der Waals surface area contributed by atoms with E-state index in [2.05, 4.69) is 49.0 Å². The summed E-state index contributed by atoms with van der Waals surface area (Å²) in [5, 5.41) is 3.46. The summed E-state index contributed by atoms with van der Waals surface area (Å²) < 4.78 is 5.75. The van der Waals surface area contributed by atoms with Crippen LogP contribution in [0.25, 0.3) is 0 Å². The van der Waals surface area contributed by atoms with E-state index in [-0.39, 0.29) is 0 Å². The third-order valence-corrected chi connectivity index (χ3v) is 4.13. The molecule has 4 heteroatoms. The first-order valence-electron chi connectivity index (χ1n) is 8.24. The first-order chi connectivity index (χ1) is 10.0. The predicted molar refractivity (Wildman–Crippen MR) is 87.2 cm³/mol. The topological polar surface area (TPSA) is 31.7 Å². The van der Waals surface area contributed by atoms with Crippen LogP contribution in [0.3, 0.4) is 0 Å². The van der Waals surface area contributed by atoms with Gasteiger partial charge in [0.15, 0.2) is 0 Å². The lowest BCUT2D eigenvalue weighted by Gasteiger charge is -2.26. The molecule has 1 saturated heterocycles. The Morgan fingerprint density at radius 2 is 2.19 bits per heavy atom. The highest BCUT2D eigenvalue weighted by Crippen LogP contribution is 2.15. The minimum absolute atomic E-state index is 0.588. The fraction of sp³-hybridized carbons (Fsp3) is 0.765. The molecule has 0 amide bonds. The highest BCUT2D eigenvalue weighted by Gasteiger charge is 2.20. The zero-order valence-electron chi connectivity index (χ0n) is 14.1. The summed E-state index contributed by atoms with van der Waals surface area (Å²) in [5.74, 6) is 1.78. The largest absolute Gasteiger partial charge is 0.468 e. The highest BCUT2D eigenvalue weighted by molar-refractivity contribution is 5.12. The van der Waals surface area contributed by atoms with Gasteiger partial charge in [0.2, 0.25) is 0 Å². The van der Waals surface area contributed by atoms with Crippen molar-refractivity contribution in [3.63, 3.8) is 0 Å². The van der Waals surface area contributed by atoms with Crippen LogP contribution in [0.15, 0.2) is 16.7 Å². The molecule has 1 aromatic rings. The maximum Gasteiger partial charge on any atom is 0.118 e. The van der Waals surface area contributed by atoms with Crippen molar-refractivity contribution in [1.82, 2.24) is 15.1 Å². The molecule has 2 heterocycles. The van der Waals surface area contributed by atoms with Gasteiger partial charge in [-0.1, -0.05) is 13.8 Å². The first-order valence-corrected chi connectivity index (χ1v) is 8.24. The van der Waals surface area contributed by atoms with E-state index in [9.17, 15) is 0 Å². The molecule has 1 fully saturated rings. The van der Waals surface area contributed by atoms with Gasteiger partial charge in [-0.3, -0.25) is 4.90 Å². The van der Waals surface area contributed by atoms with Crippen molar-refractivity contribution in [3.05, 3.63) is 23.7 Å². The molecule has 4 nitrogen and oxygen atoms in total. The molecule has 1 N–H and O–H groups in total. The van der Waals surface area contributed by atoms with Gasteiger partial charge >= 0.3 is 0 Å². The van der Waals surface area contributed by atoms with Crippen molar-refractivity contribution in [3.8, 4) is 0 Å². The summed E-state index contributed by atoms with van der Waals surface area (Å²) in [4.78, 5) is 4.96. The van der Waals surface area contributed by atoms with Gasteiger partial charge in [0, 0.05) is 31.2 Å². The Labute approximate surface area is 129 Å². The lowest BCUT2D eigenvalue weighted by atomic mass is 10.2. The summed E-state index contributed by atoms with van der Waals surface area (Å²) in [5.41, 5.74) is 1.25. The maximum atomic E-state index is 5.75. The lowest BCUT2D eigenvalue weighted by Crippen LogP contribution is -2.37. The molecule has 0 radical (unpaired) electrons. The van der Waals surface area contributed by atoms with E-state index >= 15 is 0 Å². The Balaban J connectivity index is 1.83. The Morgan fingerprint density at radius 1 is 1.38 bits per heavy atom. The SMILES string of the molecule is CC(C)CNCc1coc(CN2CCCN(C)CC2C)c1. The smallest absolute Gasteiger partial charge is 0.118 e. The minimum Gasteiger partial charge on any atom is -0.468 e. The van der Waals surface area contributed by atoms with Crippen molar-refractivity contribution < 1.29 is 4.42 Å². The molecule has 21 heavy (non-hydrogen) atoms. The van der Waals surface area contributed by atoms with Crippen LogP contribution in [0.4, 0.5) is 0 Å². The second-order valence-electron chi connectivity index (χ2n) is 6.88. The van der Waals surface area contributed by atoms with Crippen molar-refractivity contribution >= 4 is 0 Å². The van der Waals surface area contributed by atoms with Gasteiger partial charge in [-0.25, -0.2) is 0 Å². The van der Waals surface area contributed by atoms with Crippen molar-refractivity contribution in [1.29, 1.82) is 0 Å². The standard InChI is InChI=1S/C17H31N3O/c1-14(2)9-18-10-16-8-17(21-13-16)12-20-7-5-6-19(4)11-15(20)3/h8,13-15,18H,5-7,9-12H2,1-4H3. The summed E-state index contributed by atoms with van der Waals surface area (Å²) in [6, 6.07) is 2.79. The Kier molecular flexibility index (Phi) is 6.27. The Bertz CT molecular complexity index is 416. The van der Waals surface area contributed by atoms with E-state index < -0.39 is 0 Å². The second kappa shape index (κ2) is 7.97. The Morgan fingerprint density at radius 3 is 2.95 bits per heavy atom. The zero-order chi connectivity index (χ0) is 15.2. The average Bonchev–Trinajstić information content (AvgIpc) is 2.77. The van der Waals surface area contributed by atoms with Crippen LogP contribution in [-0.4, -0.2) is 49.1 Å². The molecule has 1 unspecified atom stereocenters. The third kappa shape index (κ3) is 5.46. The fourth-order valence-electron chi connectivity index (χ4n) is 2.96. The zero-order valence-corrected chi connectivity index (χ0v) is 14.1. The molecule has 0 spiro atoms. The van der Waals surface area contributed by atoms with E-state index in [1.807, 2.05) is 6.26 Å². The Hall–Kier alpha value is -0.840. The number of hydrogen-bond donors (Lipinski definition) is 1. The van der Waals surface area contributed by atoms with Gasteiger partial charge in [0.25, 0.3) is 0 Å². The van der Waals surface area contributed by atoms with Crippen molar-refractivity contribution in [2.45, 2.75) is 46.3 Å². The number of hydrogen-bond acceptors (Lipinski definition) is 4. The first kappa shape index (κ1) is 16.5. The molecule has 1 aliphatic heterocycles. The van der Waals surface area contributed by atoms with E-state index in [4.69, 9.17) is 4.42 Å². The van der Waals surface area contributed by atoms with Crippen LogP contribution in [0.5, 0.6) is 0 Å². The number of furan rings is 1. The van der Waals surface area contributed by atoms with Gasteiger partial charge in [-0.15, -0.1) is 0 Å². The molecule has 0 bridgehead atoms. The van der Waals surface area contributed by atoms with Crippen LogP contribution >= 0.6 is 0 Å². The maximum absolute atomic E-state index is 5.75. The van der Waals surface area contributed by atoms with E-state index in [1.165, 1.54) is 18.5 Å². The second-order valence-corrected chi connectivity index (χ2v) is 6.88. The van der Waals surface area contributed by atoms with Crippen molar-refractivity contribution in [2.75, 3.05) is 33.2 Å². The van der Waals surface area contributed by atoms with E-state index in [0.717, 1.165) is 38.5 Å². The summed E-state index contributed by atoms with van der Waals surface area (Å²) in [6.07, 6.45) is 3.14. The van der Waals surface area contributed by atoms with Gasteiger partial charge in [0.1, 0.15) is 5.76 Å². The molecule has 1 aromatic heterocycles. The molecular weight excluding hydrogens is 262 g/mol. The van der Waals surface area contributed by atoms with Crippen LogP contribution in [-0.2, 0) is 13.1 Å². The number of nitrogens with zero attached hydrogens (tertiary/aromatic N) is 2. The van der Waals surface area contributed by atoms with Gasteiger partial charge in [-0.2, -0.15) is 0 Å². The molecule has 1 aliphatic rings. The van der Waals surface area contributed by atoms with Gasteiger partial charge in [-0.05, 0) is 45.5 Å². The van der Waals surface area contributed by atoms with Crippen molar-refractivity contribution in [2.24, 2.45) is 5.92 Å². The number of rotatable bonds is 6. The highest BCUT2D eigenvalue weighted by atomic mass is 16.3. The third-order valence-electron chi connectivity index (χ3n) is 4.13. The summed E-state index contributed by atoms with van der Waals surface area (Å²) in [7, 11) is 2.21. The molecule has 0 saturated carbocycles. The molecule has 0 aliphatic carbocycles. The molecule has 2 rings (SSSR count). The van der Waals surface area contributed by atoms with E-state index in [1.54, 1.807) is 0 Å². The van der Waals surface area contributed by atoms with Crippen LogP contribution < -0.4 is 5.32 Å². The number of nitrogens with one attached hydrogen (secondary N) is 1. The van der Waals surface area contributed by atoms with Gasteiger partial charge < -0.3 is 14.6 Å². The van der Waals surface area contributed by atoms with Gasteiger partial charge in [0.05, 0.1) is 12.8 Å². The molecular formula is C17H31N3O. The lowest BCUT2D eigenvalue weighted by molar-refractivity contribution is 0.181. The number of likely N-dealkylation sites (N-methyl/N-ethyl adjacent to an activating group) is 1. The fourth-order valence-corrected chi connectivity index (χ4v) is 2.96. The molecule has 0 aromatic carbocycles. The molecule has 1 atom stereocenters. The van der Waals surface area contributed by atoms with Crippen LogP contribution in [0.2, 0.25) is 0 Å². The quantitative estimate of drug-likeness (QED) is 0.873. The van der Waals surface area contributed by atoms with Crippen LogP contribution in [0.1, 0.15) is 38.5 Å². The minimum atomic E-state index is 0.588. The normalized spacial score (nSPS) is 21.9. The average molecular weight is 293 g/mol.